The lowest BCUT2D eigenvalue weighted by atomic mass is 10.1. The molecule has 3 nitrogen and oxygen atoms in total. The largest absolute Gasteiger partial charge is 0.497 e. The zero-order chi connectivity index (χ0) is 15.4. The second-order valence-corrected chi connectivity index (χ2v) is 5.56. The van der Waals surface area contributed by atoms with Gasteiger partial charge in [-0.25, -0.2) is 0 Å². The zero-order valence-corrected chi connectivity index (χ0v) is 13.4. The molecule has 0 amide bonds. The van der Waals surface area contributed by atoms with Gasteiger partial charge in [0.25, 0.3) is 0 Å². The van der Waals surface area contributed by atoms with E-state index in [1.54, 1.807) is 19.2 Å². The smallest absolute Gasteiger partial charge is 0.128 e. The molecule has 0 spiro atoms. The average molecular weight is 326 g/mol. The predicted octanol–water partition coefficient (Wildman–Crippen LogP) is 4.60. The summed E-state index contributed by atoms with van der Waals surface area (Å²) in [7, 11) is 1.61. The molecule has 2 rings (SSSR count). The highest BCUT2D eigenvalue weighted by Gasteiger charge is 2.11. The van der Waals surface area contributed by atoms with Gasteiger partial charge in [-0.05, 0) is 25.1 Å². The van der Waals surface area contributed by atoms with E-state index in [1.165, 1.54) is 0 Å². The Bertz CT molecular complexity index is 630. The standard InChI is InChI=1S/C16H17Cl2NO2/c1-10(19)14-6-5-13(20-2)8-16(14)21-9-11-3-4-12(17)7-15(11)18/h3-8,10H,9,19H2,1-2H3. The lowest BCUT2D eigenvalue weighted by Crippen LogP contribution is -2.08. The molecule has 0 aliphatic rings. The van der Waals surface area contributed by atoms with Gasteiger partial charge in [0, 0.05) is 33.3 Å². The SMILES string of the molecule is COc1ccc(C(C)N)c(OCc2ccc(Cl)cc2Cl)c1. The maximum absolute atomic E-state index is 6.14. The number of halogens is 2. The quantitative estimate of drug-likeness (QED) is 0.873. The average Bonchev–Trinajstić information content (AvgIpc) is 2.45. The highest BCUT2D eigenvalue weighted by Crippen LogP contribution is 2.30. The van der Waals surface area contributed by atoms with Crippen molar-refractivity contribution in [3.8, 4) is 11.5 Å². The highest BCUT2D eigenvalue weighted by molar-refractivity contribution is 6.35. The van der Waals surface area contributed by atoms with Gasteiger partial charge >= 0.3 is 0 Å². The van der Waals surface area contributed by atoms with Crippen LogP contribution in [0.1, 0.15) is 24.1 Å². The molecule has 5 heteroatoms. The summed E-state index contributed by atoms with van der Waals surface area (Å²) >= 11 is 12.0. The van der Waals surface area contributed by atoms with E-state index in [0.29, 0.717) is 22.4 Å². The Labute approximate surface area is 134 Å². The van der Waals surface area contributed by atoms with Crippen molar-refractivity contribution >= 4 is 23.2 Å². The molecule has 2 aromatic rings. The van der Waals surface area contributed by atoms with Gasteiger partial charge < -0.3 is 15.2 Å². The van der Waals surface area contributed by atoms with Crippen LogP contribution in [-0.2, 0) is 6.61 Å². The van der Waals surface area contributed by atoms with E-state index < -0.39 is 0 Å². The molecule has 2 N–H and O–H groups in total. The highest BCUT2D eigenvalue weighted by atomic mass is 35.5. The molecule has 21 heavy (non-hydrogen) atoms. The summed E-state index contributed by atoms with van der Waals surface area (Å²) in [6.07, 6.45) is 0. The first-order chi connectivity index (χ1) is 10.0. The maximum Gasteiger partial charge on any atom is 0.128 e. The van der Waals surface area contributed by atoms with Crippen LogP contribution in [-0.4, -0.2) is 7.11 Å². The predicted molar refractivity (Wildman–Crippen MR) is 86.4 cm³/mol. The van der Waals surface area contributed by atoms with Crippen LogP contribution in [0.15, 0.2) is 36.4 Å². The molecule has 0 aliphatic heterocycles. The fourth-order valence-electron chi connectivity index (χ4n) is 1.94. The van der Waals surface area contributed by atoms with E-state index in [4.69, 9.17) is 38.4 Å². The van der Waals surface area contributed by atoms with Gasteiger partial charge in [0.2, 0.25) is 0 Å². The molecule has 0 saturated heterocycles. The van der Waals surface area contributed by atoms with Crippen molar-refractivity contribution in [2.75, 3.05) is 7.11 Å². The molecular formula is C16H17Cl2NO2. The third-order valence-corrected chi connectivity index (χ3v) is 3.70. The first kappa shape index (κ1) is 16.0. The molecule has 0 aromatic heterocycles. The summed E-state index contributed by atoms with van der Waals surface area (Å²) in [4.78, 5) is 0. The monoisotopic (exact) mass is 325 g/mol. The van der Waals surface area contributed by atoms with Crippen molar-refractivity contribution in [1.82, 2.24) is 0 Å². The number of nitrogens with two attached hydrogens (primary N) is 1. The molecule has 1 unspecified atom stereocenters. The van der Waals surface area contributed by atoms with Gasteiger partial charge in [-0.15, -0.1) is 0 Å². The molecule has 1 atom stereocenters. The van der Waals surface area contributed by atoms with Crippen molar-refractivity contribution < 1.29 is 9.47 Å². The molecule has 0 fully saturated rings. The Morgan fingerprint density at radius 3 is 2.52 bits per heavy atom. The first-order valence-electron chi connectivity index (χ1n) is 6.51. The second kappa shape index (κ2) is 7.03. The van der Waals surface area contributed by atoms with Crippen LogP contribution in [0.4, 0.5) is 0 Å². The Morgan fingerprint density at radius 2 is 1.90 bits per heavy atom. The number of benzene rings is 2. The Kier molecular flexibility index (Phi) is 5.34. The summed E-state index contributed by atoms with van der Waals surface area (Å²) in [6, 6.07) is 10.8. The molecule has 112 valence electrons. The Balaban J connectivity index is 2.22. The number of hydrogen-bond acceptors (Lipinski definition) is 3. The van der Waals surface area contributed by atoms with Gasteiger partial charge in [-0.3, -0.25) is 0 Å². The van der Waals surface area contributed by atoms with Gasteiger partial charge in [-0.2, -0.15) is 0 Å². The summed E-state index contributed by atoms with van der Waals surface area (Å²) < 4.78 is 11.1. The maximum atomic E-state index is 6.14. The summed E-state index contributed by atoms with van der Waals surface area (Å²) in [6.45, 7) is 2.24. The molecular weight excluding hydrogens is 309 g/mol. The van der Waals surface area contributed by atoms with E-state index in [-0.39, 0.29) is 6.04 Å². The second-order valence-electron chi connectivity index (χ2n) is 4.72. The van der Waals surface area contributed by atoms with E-state index >= 15 is 0 Å². The van der Waals surface area contributed by atoms with Crippen LogP contribution >= 0.6 is 23.2 Å². The number of ether oxygens (including phenoxy) is 2. The van der Waals surface area contributed by atoms with E-state index in [9.17, 15) is 0 Å². The minimum absolute atomic E-state index is 0.133. The Hall–Kier alpha value is -1.42. The number of hydrogen-bond donors (Lipinski definition) is 1. The lowest BCUT2D eigenvalue weighted by molar-refractivity contribution is 0.299. The first-order valence-corrected chi connectivity index (χ1v) is 7.27. The topological polar surface area (TPSA) is 44.5 Å². The van der Waals surface area contributed by atoms with Crippen molar-refractivity contribution in [3.05, 3.63) is 57.6 Å². The van der Waals surface area contributed by atoms with E-state index in [1.807, 2.05) is 31.2 Å². The number of rotatable bonds is 5. The molecule has 0 aliphatic carbocycles. The Morgan fingerprint density at radius 1 is 1.14 bits per heavy atom. The third-order valence-electron chi connectivity index (χ3n) is 3.11. The van der Waals surface area contributed by atoms with E-state index in [0.717, 1.165) is 16.9 Å². The van der Waals surface area contributed by atoms with Crippen molar-refractivity contribution in [2.45, 2.75) is 19.6 Å². The van der Waals surface area contributed by atoms with E-state index in [2.05, 4.69) is 0 Å². The molecule has 2 aromatic carbocycles. The van der Waals surface area contributed by atoms with Crippen LogP contribution in [0.3, 0.4) is 0 Å². The van der Waals surface area contributed by atoms with Gasteiger partial charge in [-0.1, -0.05) is 35.3 Å². The van der Waals surface area contributed by atoms with Crippen molar-refractivity contribution in [1.29, 1.82) is 0 Å². The minimum atomic E-state index is -0.133. The molecule has 0 bridgehead atoms. The van der Waals surface area contributed by atoms with Crippen molar-refractivity contribution in [3.63, 3.8) is 0 Å². The minimum Gasteiger partial charge on any atom is -0.497 e. The van der Waals surface area contributed by atoms with Gasteiger partial charge in [0.1, 0.15) is 18.1 Å². The molecule has 0 radical (unpaired) electrons. The van der Waals surface area contributed by atoms with Gasteiger partial charge in [0.05, 0.1) is 7.11 Å². The van der Waals surface area contributed by atoms with Crippen LogP contribution in [0.2, 0.25) is 10.0 Å². The fourth-order valence-corrected chi connectivity index (χ4v) is 2.40. The normalized spacial score (nSPS) is 12.0. The van der Waals surface area contributed by atoms with Gasteiger partial charge in [0.15, 0.2) is 0 Å². The van der Waals surface area contributed by atoms with Crippen LogP contribution in [0, 0.1) is 0 Å². The zero-order valence-electron chi connectivity index (χ0n) is 11.9. The number of methoxy groups -OCH3 is 1. The van der Waals surface area contributed by atoms with Crippen molar-refractivity contribution in [2.24, 2.45) is 5.73 Å². The molecule has 0 saturated carbocycles. The van der Waals surface area contributed by atoms with Crippen LogP contribution in [0.5, 0.6) is 11.5 Å². The summed E-state index contributed by atoms with van der Waals surface area (Å²) in [5.41, 5.74) is 7.74. The summed E-state index contributed by atoms with van der Waals surface area (Å²) in [5, 5.41) is 1.18. The summed E-state index contributed by atoms with van der Waals surface area (Å²) in [5.74, 6) is 1.41. The lowest BCUT2D eigenvalue weighted by Gasteiger charge is -2.15. The van der Waals surface area contributed by atoms with Crippen LogP contribution in [0.25, 0.3) is 0 Å². The van der Waals surface area contributed by atoms with Crippen LogP contribution < -0.4 is 15.2 Å². The third kappa shape index (κ3) is 4.03. The fraction of sp³-hybridized carbons (Fsp3) is 0.250. The molecule has 0 heterocycles.